The Kier molecular flexibility index (Phi) is 2.53. The molecule has 0 atom stereocenters. The molecule has 60 valence electrons. The average Bonchev–Trinajstić information content (AvgIpc) is 2.13. The van der Waals surface area contributed by atoms with Crippen molar-refractivity contribution in [1.29, 1.82) is 0 Å². The van der Waals surface area contributed by atoms with Crippen LogP contribution in [0, 0.1) is 0 Å². The molecule has 1 aliphatic rings. The van der Waals surface area contributed by atoms with Gasteiger partial charge in [-0.2, -0.15) is 0 Å². The minimum atomic E-state index is 0.543. The van der Waals surface area contributed by atoms with Gasteiger partial charge in [0, 0.05) is 18.4 Å². The minimum absolute atomic E-state index is 0.543. The molecule has 0 aliphatic carbocycles. The second-order valence-corrected chi connectivity index (χ2v) is 3.11. The van der Waals surface area contributed by atoms with Gasteiger partial charge >= 0.3 is 0 Å². The summed E-state index contributed by atoms with van der Waals surface area (Å²) in [6, 6.07) is 0.543. The number of rotatable bonds is 1. The van der Waals surface area contributed by atoms with Crippen molar-refractivity contribution in [3.8, 4) is 0 Å². The highest BCUT2D eigenvalue weighted by Gasteiger charge is 1.99. The normalized spacial score (nSPS) is 17.1. The molecule has 0 saturated carbocycles. The first kappa shape index (κ1) is 8.12. The molecule has 0 N–H and O–H groups in total. The van der Waals surface area contributed by atoms with E-state index in [1.807, 2.05) is 0 Å². The van der Waals surface area contributed by atoms with Gasteiger partial charge in [0.05, 0.1) is 0 Å². The Bertz CT molecular complexity index is 209. The number of allylic oxidation sites excluding steroid dienone is 4. The zero-order valence-electron chi connectivity index (χ0n) is 7.41. The van der Waals surface area contributed by atoms with Crippen molar-refractivity contribution in [3.05, 3.63) is 36.2 Å². The van der Waals surface area contributed by atoms with Crippen LogP contribution in [0.4, 0.5) is 0 Å². The molecule has 0 radical (unpaired) electrons. The van der Waals surface area contributed by atoms with Gasteiger partial charge in [-0.25, -0.2) is 0 Å². The molecular formula is C10H15N. The number of hydrogen-bond donors (Lipinski definition) is 0. The highest BCUT2D eigenvalue weighted by Crippen LogP contribution is 2.07. The first-order valence-electron chi connectivity index (χ1n) is 4.01. The van der Waals surface area contributed by atoms with E-state index in [-0.39, 0.29) is 0 Å². The standard InChI is InChI=1S/C10H15N/c1-9(2)11-7-4-5-10(3)6-8-11/h4-9H,1-3H3. The lowest BCUT2D eigenvalue weighted by Crippen LogP contribution is -2.18. The maximum Gasteiger partial charge on any atom is 0.0274 e. The predicted molar refractivity (Wildman–Crippen MR) is 49.0 cm³/mol. The van der Waals surface area contributed by atoms with Crippen molar-refractivity contribution in [2.45, 2.75) is 26.8 Å². The lowest BCUT2D eigenvalue weighted by molar-refractivity contribution is 0.417. The molecule has 0 fully saturated rings. The number of hydrogen-bond acceptors (Lipinski definition) is 1. The zero-order valence-corrected chi connectivity index (χ0v) is 7.41. The summed E-state index contributed by atoms with van der Waals surface area (Å²) in [7, 11) is 0. The molecule has 0 spiro atoms. The highest BCUT2D eigenvalue weighted by molar-refractivity contribution is 5.24. The zero-order chi connectivity index (χ0) is 8.27. The van der Waals surface area contributed by atoms with Gasteiger partial charge in [0.1, 0.15) is 0 Å². The van der Waals surface area contributed by atoms with Crippen molar-refractivity contribution in [2.75, 3.05) is 0 Å². The van der Waals surface area contributed by atoms with Crippen molar-refractivity contribution >= 4 is 0 Å². The molecule has 0 aromatic carbocycles. The third-order valence-corrected chi connectivity index (χ3v) is 1.72. The van der Waals surface area contributed by atoms with E-state index in [4.69, 9.17) is 0 Å². The van der Waals surface area contributed by atoms with Crippen LogP contribution in [-0.2, 0) is 0 Å². The number of nitrogens with zero attached hydrogens (tertiary/aromatic N) is 1. The van der Waals surface area contributed by atoms with Crippen LogP contribution in [0.1, 0.15) is 20.8 Å². The SMILES string of the molecule is CC1=CC=CN(C(C)C)C=C1. The van der Waals surface area contributed by atoms with Crippen LogP contribution in [0.3, 0.4) is 0 Å². The quantitative estimate of drug-likeness (QED) is 0.554. The van der Waals surface area contributed by atoms with E-state index in [9.17, 15) is 0 Å². The topological polar surface area (TPSA) is 3.24 Å². The molecule has 1 nitrogen and oxygen atoms in total. The Balaban J connectivity index is 2.71. The van der Waals surface area contributed by atoms with E-state index in [2.05, 4.69) is 56.3 Å². The summed E-state index contributed by atoms with van der Waals surface area (Å²) >= 11 is 0. The molecule has 0 unspecified atom stereocenters. The van der Waals surface area contributed by atoms with Gasteiger partial charge in [0.25, 0.3) is 0 Å². The van der Waals surface area contributed by atoms with E-state index in [1.54, 1.807) is 0 Å². The second kappa shape index (κ2) is 3.42. The van der Waals surface area contributed by atoms with Crippen molar-refractivity contribution < 1.29 is 0 Å². The largest absolute Gasteiger partial charge is 0.352 e. The van der Waals surface area contributed by atoms with Gasteiger partial charge < -0.3 is 4.90 Å². The average molecular weight is 149 g/mol. The van der Waals surface area contributed by atoms with Crippen molar-refractivity contribution in [2.24, 2.45) is 0 Å². The maximum absolute atomic E-state index is 2.19. The van der Waals surface area contributed by atoms with Crippen LogP contribution in [-0.4, -0.2) is 10.9 Å². The Morgan fingerprint density at radius 3 is 2.64 bits per heavy atom. The first-order chi connectivity index (χ1) is 5.20. The van der Waals surface area contributed by atoms with E-state index in [1.165, 1.54) is 5.57 Å². The van der Waals surface area contributed by atoms with E-state index < -0.39 is 0 Å². The fraction of sp³-hybridized carbons (Fsp3) is 0.400. The van der Waals surface area contributed by atoms with Gasteiger partial charge in [-0.1, -0.05) is 6.08 Å². The summed E-state index contributed by atoms with van der Waals surface area (Å²) in [6.07, 6.45) is 10.5. The van der Waals surface area contributed by atoms with E-state index in [0.29, 0.717) is 6.04 Å². The fourth-order valence-electron chi connectivity index (χ4n) is 0.947. The Labute approximate surface area is 68.7 Å². The monoisotopic (exact) mass is 149 g/mol. The molecule has 0 aromatic rings. The fourth-order valence-corrected chi connectivity index (χ4v) is 0.947. The molecule has 0 amide bonds. The molecule has 1 heterocycles. The van der Waals surface area contributed by atoms with Gasteiger partial charge in [0.15, 0.2) is 0 Å². The van der Waals surface area contributed by atoms with E-state index in [0.717, 1.165) is 0 Å². The molecule has 0 bridgehead atoms. The van der Waals surface area contributed by atoms with Crippen LogP contribution in [0.25, 0.3) is 0 Å². The van der Waals surface area contributed by atoms with Gasteiger partial charge in [-0.3, -0.25) is 0 Å². The van der Waals surface area contributed by atoms with Crippen LogP contribution < -0.4 is 0 Å². The van der Waals surface area contributed by atoms with Gasteiger partial charge in [-0.15, -0.1) is 0 Å². The van der Waals surface area contributed by atoms with Crippen molar-refractivity contribution in [1.82, 2.24) is 4.90 Å². The Morgan fingerprint density at radius 2 is 2.00 bits per heavy atom. The lowest BCUT2D eigenvalue weighted by Gasteiger charge is -2.18. The summed E-state index contributed by atoms with van der Waals surface area (Å²) in [4.78, 5) is 2.19. The molecule has 11 heavy (non-hydrogen) atoms. The van der Waals surface area contributed by atoms with Crippen LogP contribution in [0.15, 0.2) is 36.2 Å². The Hall–Kier alpha value is -0.980. The summed E-state index contributed by atoms with van der Waals surface area (Å²) in [5.74, 6) is 0. The summed E-state index contributed by atoms with van der Waals surface area (Å²) in [5, 5.41) is 0. The van der Waals surface area contributed by atoms with Gasteiger partial charge in [0.2, 0.25) is 0 Å². The van der Waals surface area contributed by atoms with Crippen LogP contribution in [0.5, 0.6) is 0 Å². The molecule has 1 rings (SSSR count). The van der Waals surface area contributed by atoms with Gasteiger partial charge in [-0.05, 0) is 38.5 Å². The predicted octanol–water partition coefficient (Wildman–Crippen LogP) is 2.68. The summed E-state index contributed by atoms with van der Waals surface area (Å²) < 4.78 is 0. The smallest absolute Gasteiger partial charge is 0.0274 e. The summed E-state index contributed by atoms with van der Waals surface area (Å²) in [6.45, 7) is 6.45. The highest BCUT2D eigenvalue weighted by atomic mass is 15.1. The maximum atomic E-state index is 2.19. The van der Waals surface area contributed by atoms with Crippen LogP contribution in [0.2, 0.25) is 0 Å². The van der Waals surface area contributed by atoms with Crippen molar-refractivity contribution in [3.63, 3.8) is 0 Å². The third kappa shape index (κ3) is 2.26. The minimum Gasteiger partial charge on any atom is -0.352 e. The molecule has 1 aliphatic heterocycles. The Morgan fingerprint density at radius 1 is 1.27 bits per heavy atom. The molecule has 0 aromatic heterocycles. The molecule has 1 heteroatoms. The lowest BCUT2D eigenvalue weighted by atomic mass is 10.3. The first-order valence-corrected chi connectivity index (χ1v) is 4.01. The summed E-state index contributed by atoms with van der Waals surface area (Å²) in [5.41, 5.74) is 1.30. The van der Waals surface area contributed by atoms with Crippen LogP contribution >= 0.6 is 0 Å². The third-order valence-electron chi connectivity index (χ3n) is 1.72. The molecular weight excluding hydrogens is 134 g/mol. The van der Waals surface area contributed by atoms with E-state index >= 15 is 0 Å². The second-order valence-electron chi connectivity index (χ2n) is 3.11. The molecule has 0 saturated heterocycles.